The Labute approximate surface area is 126 Å². The summed E-state index contributed by atoms with van der Waals surface area (Å²) in [6.07, 6.45) is 4.47. The molecule has 5 nitrogen and oxygen atoms in total. The summed E-state index contributed by atoms with van der Waals surface area (Å²) in [4.78, 5) is 0. The number of rotatable bonds is 2. The molecular formula is C16H28O5. The van der Waals surface area contributed by atoms with E-state index < -0.39 is 12.2 Å². The second kappa shape index (κ2) is 6.50. The van der Waals surface area contributed by atoms with Crippen LogP contribution in [-0.4, -0.2) is 59.1 Å². The highest BCUT2D eigenvalue weighted by Gasteiger charge is 2.48. The predicted octanol–water partition coefficient (Wildman–Crippen LogP) is 0.842. The molecule has 2 saturated carbocycles. The van der Waals surface area contributed by atoms with E-state index in [1.54, 1.807) is 7.11 Å². The molecule has 3 N–H and O–H groups in total. The third kappa shape index (κ3) is 3.13. The zero-order valence-corrected chi connectivity index (χ0v) is 12.7. The SMILES string of the molecule is COC1C(O)C(O)CC2OC(C3CCC(O)CC3)CCC21. The summed E-state index contributed by atoms with van der Waals surface area (Å²) in [7, 11) is 1.59. The highest BCUT2D eigenvalue weighted by Crippen LogP contribution is 2.41. The maximum atomic E-state index is 10.1. The van der Waals surface area contributed by atoms with E-state index in [2.05, 4.69) is 0 Å². The second-order valence-corrected chi connectivity index (χ2v) is 7.02. The van der Waals surface area contributed by atoms with Gasteiger partial charge in [0.25, 0.3) is 0 Å². The third-order valence-electron chi connectivity index (χ3n) is 5.78. The number of hydrogen-bond donors (Lipinski definition) is 3. The molecule has 0 radical (unpaired) electrons. The molecule has 2 aliphatic carbocycles. The number of aliphatic hydroxyl groups is 3. The Morgan fingerprint density at radius 1 is 0.905 bits per heavy atom. The minimum atomic E-state index is -0.804. The Balaban J connectivity index is 1.62. The van der Waals surface area contributed by atoms with Crippen molar-refractivity contribution in [3.05, 3.63) is 0 Å². The summed E-state index contributed by atoms with van der Waals surface area (Å²) >= 11 is 0. The summed E-state index contributed by atoms with van der Waals surface area (Å²) in [5.74, 6) is 0.707. The van der Waals surface area contributed by atoms with Crippen LogP contribution in [0.1, 0.15) is 44.9 Å². The molecule has 3 aliphatic rings. The van der Waals surface area contributed by atoms with Crippen molar-refractivity contribution in [3.63, 3.8) is 0 Å². The van der Waals surface area contributed by atoms with Crippen LogP contribution >= 0.6 is 0 Å². The predicted molar refractivity (Wildman–Crippen MR) is 76.8 cm³/mol. The summed E-state index contributed by atoms with van der Waals surface area (Å²) in [6, 6.07) is 0. The molecule has 6 atom stereocenters. The molecule has 122 valence electrons. The topological polar surface area (TPSA) is 79.2 Å². The maximum Gasteiger partial charge on any atom is 0.106 e. The fourth-order valence-electron chi connectivity index (χ4n) is 4.53. The van der Waals surface area contributed by atoms with Gasteiger partial charge < -0.3 is 24.8 Å². The summed E-state index contributed by atoms with van der Waals surface area (Å²) in [5.41, 5.74) is 0. The van der Waals surface area contributed by atoms with E-state index in [9.17, 15) is 15.3 Å². The molecule has 0 bridgehead atoms. The first-order valence-corrected chi connectivity index (χ1v) is 8.32. The summed E-state index contributed by atoms with van der Waals surface area (Å²) in [5, 5.41) is 29.7. The fraction of sp³-hybridized carbons (Fsp3) is 1.00. The Kier molecular flexibility index (Phi) is 4.86. The molecule has 3 fully saturated rings. The molecule has 0 aromatic rings. The van der Waals surface area contributed by atoms with Gasteiger partial charge in [0.15, 0.2) is 0 Å². The monoisotopic (exact) mass is 300 g/mol. The van der Waals surface area contributed by atoms with Crippen LogP contribution in [0.4, 0.5) is 0 Å². The van der Waals surface area contributed by atoms with Crippen LogP contribution in [0.5, 0.6) is 0 Å². The summed E-state index contributed by atoms with van der Waals surface area (Å²) < 4.78 is 11.7. The average Bonchev–Trinajstić information content (AvgIpc) is 2.49. The standard InChI is InChI=1S/C16H28O5/c1-20-16-11-6-7-13(9-2-4-10(17)5-3-9)21-14(11)8-12(18)15(16)19/h9-19H,2-8H2,1H3. The van der Waals surface area contributed by atoms with Crippen LogP contribution in [0.25, 0.3) is 0 Å². The van der Waals surface area contributed by atoms with Gasteiger partial charge in [-0.2, -0.15) is 0 Å². The minimum absolute atomic E-state index is 0.0149. The van der Waals surface area contributed by atoms with Gasteiger partial charge in [0.05, 0.1) is 30.5 Å². The van der Waals surface area contributed by atoms with E-state index in [-0.39, 0.29) is 30.3 Å². The first-order valence-electron chi connectivity index (χ1n) is 8.32. The molecule has 0 aromatic heterocycles. The molecular weight excluding hydrogens is 272 g/mol. The fourth-order valence-corrected chi connectivity index (χ4v) is 4.53. The van der Waals surface area contributed by atoms with Crippen molar-refractivity contribution in [2.45, 2.75) is 81.6 Å². The number of fused-ring (bicyclic) bond motifs is 1. The first kappa shape index (κ1) is 15.7. The number of methoxy groups -OCH3 is 1. The van der Waals surface area contributed by atoms with Gasteiger partial charge in [0.2, 0.25) is 0 Å². The van der Waals surface area contributed by atoms with Crippen molar-refractivity contribution >= 4 is 0 Å². The molecule has 0 spiro atoms. The average molecular weight is 300 g/mol. The maximum absolute atomic E-state index is 10.1. The van der Waals surface area contributed by atoms with E-state index in [4.69, 9.17) is 9.47 Å². The van der Waals surface area contributed by atoms with E-state index in [0.29, 0.717) is 12.3 Å². The van der Waals surface area contributed by atoms with E-state index in [0.717, 1.165) is 38.5 Å². The minimum Gasteiger partial charge on any atom is -0.393 e. The normalized spacial score (nSPS) is 51.4. The molecule has 5 heteroatoms. The first-order chi connectivity index (χ1) is 10.1. The van der Waals surface area contributed by atoms with Crippen molar-refractivity contribution in [2.75, 3.05) is 7.11 Å². The van der Waals surface area contributed by atoms with Crippen molar-refractivity contribution in [2.24, 2.45) is 11.8 Å². The zero-order chi connectivity index (χ0) is 15.0. The van der Waals surface area contributed by atoms with Crippen molar-refractivity contribution in [1.29, 1.82) is 0 Å². The molecule has 6 unspecified atom stereocenters. The van der Waals surface area contributed by atoms with E-state index in [1.807, 2.05) is 0 Å². The third-order valence-corrected chi connectivity index (χ3v) is 5.78. The Bertz CT molecular complexity index is 342. The molecule has 1 saturated heterocycles. The number of aliphatic hydroxyl groups excluding tert-OH is 3. The van der Waals surface area contributed by atoms with Gasteiger partial charge in [-0.25, -0.2) is 0 Å². The smallest absolute Gasteiger partial charge is 0.106 e. The molecule has 21 heavy (non-hydrogen) atoms. The van der Waals surface area contributed by atoms with Crippen LogP contribution in [0.15, 0.2) is 0 Å². The molecule has 0 aromatic carbocycles. The van der Waals surface area contributed by atoms with Gasteiger partial charge in [0, 0.05) is 19.4 Å². The van der Waals surface area contributed by atoms with Crippen molar-refractivity contribution in [3.8, 4) is 0 Å². The van der Waals surface area contributed by atoms with E-state index >= 15 is 0 Å². The molecule has 0 amide bonds. The van der Waals surface area contributed by atoms with Gasteiger partial charge in [-0.3, -0.25) is 0 Å². The lowest BCUT2D eigenvalue weighted by Crippen LogP contribution is -2.57. The lowest BCUT2D eigenvalue weighted by Gasteiger charge is -2.48. The molecule has 1 aliphatic heterocycles. The Morgan fingerprint density at radius 3 is 2.29 bits per heavy atom. The van der Waals surface area contributed by atoms with Crippen molar-refractivity contribution < 1.29 is 24.8 Å². The zero-order valence-electron chi connectivity index (χ0n) is 12.7. The van der Waals surface area contributed by atoms with Crippen LogP contribution in [0.2, 0.25) is 0 Å². The summed E-state index contributed by atoms with van der Waals surface area (Å²) in [6.45, 7) is 0. The van der Waals surface area contributed by atoms with E-state index in [1.165, 1.54) is 0 Å². The second-order valence-electron chi connectivity index (χ2n) is 7.02. The highest BCUT2D eigenvalue weighted by molar-refractivity contribution is 4.97. The van der Waals surface area contributed by atoms with Gasteiger partial charge >= 0.3 is 0 Å². The van der Waals surface area contributed by atoms with Gasteiger partial charge in [-0.05, 0) is 44.4 Å². The molecule has 1 heterocycles. The van der Waals surface area contributed by atoms with Gasteiger partial charge in [0.1, 0.15) is 6.10 Å². The van der Waals surface area contributed by atoms with Crippen LogP contribution in [-0.2, 0) is 9.47 Å². The lowest BCUT2D eigenvalue weighted by atomic mass is 9.73. The number of ether oxygens (including phenoxy) is 2. The quantitative estimate of drug-likeness (QED) is 0.704. The highest BCUT2D eigenvalue weighted by atomic mass is 16.5. The van der Waals surface area contributed by atoms with Crippen LogP contribution in [0.3, 0.4) is 0 Å². The Morgan fingerprint density at radius 2 is 1.62 bits per heavy atom. The van der Waals surface area contributed by atoms with Gasteiger partial charge in [-0.15, -0.1) is 0 Å². The lowest BCUT2D eigenvalue weighted by molar-refractivity contribution is -0.213. The number of hydrogen-bond acceptors (Lipinski definition) is 5. The largest absolute Gasteiger partial charge is 0.393 e. The van der Waals surface area contributed by atoms with Crippen molar-refractivity contribution in [1.82, 2.24) is 0 Å². The van der Waals surface area contributed by atoms with Crippen LogP contribution < -0.4 is 0 Å². The molecule has 3 rings (SSSR count). The van der Waals surface area contributed by atoms with Gasteiger partial charge in [-0.1, -0.05) is 0 Å². The van der Waals surface area contributed by atoms with Crippen LogP contribution in [0, 0.1) is 11.8 Å². The Hall–Kier alpha value is -0.200.